The summed E-state index contributed by atoms with van der Waals surface area (Å²) in [7, 11) is 0. The first-order chi connectivity index (χ1) is 8.06. The largest absolute Gasteiger partial charge is 0.461 e. The molecule has 0 amide bonds. The normalized spacial score (nSPS) is 23.7. The Kier molecular flexibility index (Phi) is 3.59. The van der Waals surface area contributed by atoms with Crippen LogP contribution in [0.1, 0.15) is 24.9 Å². The van der Waals surface area contributed by atoms with Gasteiger partial charge in [0.05, 0.1) is 6.20 Å². The highest BCUT2D eigenvalue weighted by Gasteiger charge is 2.29. The number of nitrogens with one attached hydrogen (secondary N) is 1. The molecule has 1 N–H and O–H groups in total. The summed E-state index contributed by atoms with van der Waals surface area (Å²) in [6.45, 7) is 1.90. The molecule has 92 valence electrons. The molecule has 4 nitrogen and oxygen atoms in total. The minimum absolute atomic E-state index is 0.130. The third-order valence-corrected chi connectivity index (χ3v) is 2.95. The van der Waals surface area contributed by atoms with E-state index in [0.29, 0.717) is 18.5 Å². The van der Waals surface area contributed by atoms with Crippen LogP contribution in [0.5, 0.6) is 0 Å². The van der Waals surface area contributed by atoms with Crippen LogP contribution in [0.2, 0.25) is 5.15 Å². The summed E-state index contributed by atoms with van der Waals surface area (Å²) in [6.07, 6.45) is 1.45. The average molecular weight is 259 g/mol. The van der Waals surface area contributed by atoms with Gasteiger partial charge in [0.2, 0.25) is 0 Å². The second-order valence-electron chi connectivity index (χ2n) is 3.96. The Morgan fingerprint density at radius 3 is 3.18 bits per heavy atom. The highest BCUT2D eigenvalue weighted by atomic mass is 35.5. The van der Waals surface area contributed by atoms with Gasteiger partial charge in [-0.25, -0.2) is 9.37 Å². The van der Waals surface area contributed by atoms with Gasteiger partial charge in [-0.05, 0) is 6.07 Å². The Balaban J connectivity index is 2.09. The minimum Gasteiger partial charge on any atom is -0.461 e. The first kappa shape index (κ1) is 12.3. The molecule has 1 aliphatic rings. The van der Waals surface area contributed by atoms with E-state index in [4.69, 9.17) is 16.3 Å². The van der Waals surface area contributed by atoms with Gasteiger partial charge in [-0.15, -0.1) is 0 Å². The Morgan fingerprint density at radius 2 is 2.47 bits per heavy atom. The van der Waals surface area contributed by atoms with Crippen molar-refractivity contribution >= 4 is 17.6 Å². The zero-order chi connectivity index (χ0) is 12.4. The van der Waals surface area contributed by atoms with E-state index in [9.17, 15) is 9.18 Å². The number of esters is 1. The topological polar surface area (TPSA) is 51.2 Å². The average Bonchev–Trinajstić information content (AvgIpc) is 2.69. The fraction of sp³-hybridized carbons (Fsp3) is 0.455. The van der Waals surface area contributed by atoms with Crippen LogP contribution in [-0.4, -0.2) is 23.6 Å². The maximum atomic E-state index is 13.1. The van der Waals surface area contributed by atoms with Crippen molar-refractivity contribution < 1.29 is 13.9 Å². The van der Waals surface area contributed by atoms with Gasteiger partial charge in [0.1, 0.15) is 17.1 Å². The van der Waals surface area contributed by atoms with E-state index >= 15 is 0 Å². The molecule has 17 heavy (non-hydrogen) atoms. The number of ether oxygens (including phenoxy) is 1. The Bertz CT molecular complexity index is 441. The maximum Gasteiger partial charge on any atom is 0.302 e. The summed E-state index contributed by atoms with van der Waals surface area (Å²) in [5.74, 6) is -0.747. The maximum absolute atomic E-state index is 13.1. The lowest BCUT2D eigenvalue weighted by Crippen LogP contribution is -2.19. The molecule has 0 saturated carbocycles. The van der Waals surface area contributed by atoms with Gasteiger partial charge in [0, 0.05) is 31.5 Å². The third kappa shape index (κ3) is 2.92. The second kappa shape index (κ2) is 4.98. The van der Waals surface area contributed by atoms with Crippen molar-refractivity contribution in [2.45, 2.75) is 25.5 Å². The van der Waals surface area contributed by atoms with Gasteiger partial charge in [-0.3, -0.25) is 4.79 Å². The number of carbonyl (C=O) groups excluding carboxylic acids is 1. The number of rotatable bonds is 2. The van der Waals surface area contributed by atoms with Crippen molar-refractivity contribution in [3.63, 3.8) is 0 Å². The van der Waals surface area contributed by atoms with Crippen LogP contribution in [0.3, 0.4) is 0 Å². The van der Waals surface area contributed by atoms with Crippen LogP contribution in [0.25, 0.3) is 0 Å². The molecule has 2 atom stereocenters. The number of hydrogen-bond donors (Lipinski definition) is 1. The van der Waals surface area contributed by atoms with Crippen LogP contribution in [0, 0.1) is 5.82 Å². The van der Waals surface area contributed by atoms with Crippen molar-refractivity contribution in [2.75, 3.05) is 6.54 Å². The third-order valence-electron chi connectivity index (χ3n) is 2.63. The number of pyridine rings is 1. The van der Waals surface area contributed by atoms with E-state index in [0.717, 1.165) is 6.20 Å². The quantitative estimate of drug-likeness (QED) is 0.650. The van der Waals surface area contributed by atoms with Gasteiger partial charge in [-0.2, -0.15) is 0 Å². The second-order valence-corrected chi connectivity index (χ2v) is 4.32. The van der Waals surface area contributed by atoms with Crippen LogP contribution in [-0.2, 0) is 9.53 Å². The first-order valence-electron chi connectivity index (χ1n) is 5.28. The Morgan fingerprint density at radius 1 is 1.71 bits per heavy atom. The number of nitrogens with zero attached hydrogens (tertiary/aromatic N) is 1. The summed E-state index contributed by atoms with van der Waals surface area (Å²) in [5, 5.41) is 3.40. The summed E-state index contributed by atoms with van der Waals surface area (Å²) in [4.78, 5) is 14.6. The monoisotopic (exact) mass is 258 g/mol. The van der Waals surface area contributed by atoms with Gasteiger partial charge in [0.25, 0.3) is 0 Å². The molecule has 1 fully saturated rings. The molecule has 0 radical (unpaired) electrons. The van der Waals surface area contributed by atoms with E-state index in [-0.39, 0.29) is 23.3 Å². The van der Waals surface area contributed by atoms with Crippen molar-refractivity contribution in [2.24, 2.45) is 0 Å². The van der Waals surface area contributed by atoms with Gasteiger partial charge in [-0.1, -0.05) is 11.6 Å². The molecule has 2 rings (SSSR count). The summed E-state index contributed by atoms with van der Waals surface area (Å²) in [6, 6.07) is 1.22. The molecule has 0 spiro atoms. The SMILES string of the molecule is CC(=O)OC1CNC(c2cc(F)cnc2Cl)C1. The number of aromatic nitrogens is 1. The highest BCUT2D eigenvalue weighted by molar-refractivity contribution is 6.30. The number of halogens is 2. The van der Waals surface area contributed by atoms with E-state index in [2.05, 4.69) is 10.3 Å². The van der Waals surface area contributed by atoms with Crippen LogP contribution >= 0.6 is 11.6 Å². The molecular weight excluding hydrogens is 247 g/mol. The van der Waals surface area contributed by atoms with E-state index in [1.165, 1.54) is 13.0 Å². The molecule has 0 aromatic carbocycles. The van der Waals surface area contributed by atoms with Crippen molar-refractivity contribution in [1.29, 1.82) is 0 Å². The lowest BCUT2D eigenvalue weighted by atomic mass is 10.1. The molecule has 1 saturated heterocycles. The lowest BCUT2D eigenvalue weighted by Gasteiger charge is -2.12. The lowest BCUT2D eigenvalue weighted by molar-refractivity contribution is -0.145. The summed E-state index contributed by atoms with van der Waals surface area (Å²) < 4.78 is 18.1. The van der Waals surface area contributed by atoms with E-state index in [1.54, 1.807) is 0 Å². The number of hydrogen-bond acceptors (Lipinski definition) is 4. The molecule has 1 aromatic rings. The zero-order valence-corrected chi connectivity index (χ0v) is 10.00. The van der Waals surface area contributed by atoms with Gasteiger partial charge < -0.3 is 10.1 Å². The predicted molar refractivity (Wildman–Crippen MR) is 60.1 cm³/mol. The summed E-state index contributed by atoms with van der Waals surface area (Å²) in [5.41, 5.74) is 0.598. The highest BCUT2D eigenvalue weighted by Crippen LogP contribution is 2.29. The smallest absolute Gasteiger partial charge is 0.302 e. The molecule has 0 aliphatic carbocycles. The zero-order valence-electron chi connectivity index (χ0n) is 9.24. The predicted octanol–water partition coefficient (Wildman–Crippen LogP) is 1.84. The standard InChI is InChI=1S/C11H12ClFN2O2/c1-6(16)17-8-3-10(14-5-8)9-2-7(13)4-15-11(9)12/h2,4,8,10,14H,3,5H2,1H3. The molecule has 2 unspecified atom stereocenters. The van der Waals surface area contributed by atoms with Crippen molar-refractivity contribution in [1.82, 2.24) is 10.3 Å². The minimum atomic E-state index is -0.429. The fourth-order valence-corrected chi connectivity index (χ4v) is 2.18. The van der Waals surface area contributed by atoms with Crippen molar-refractivity contribution in [3.05, 3.63) is 28.8 Å². The van der Waals surface area contributed by atoms with Crippen LogP contribution in [0.4, 0.5) is 4.39 Å². The number of carbonyl (C=O) groups is 1. The molecular formula is C11H12ClFN2O2. The van der Waals surface area contributed by atoms with Crippen LogP contribution < -0.4 is 5.32 Å². The Hall–Kier alpha value is -1.20. The summed E-state index contributed by atoms with van der Waals surface area (Å²) >= 11 is 5.90. The Labute approximate surface area is 103 Å². The fourth-order valence-electron chi connectivity index (χ4n) is 1.95. The van der Waals surface area contributed by atoms with E-state index < -0.39 is 5.82 Å². The van der Waals surface area contributed by atoms with Gasteiger partial charge >= 0.3 is 5.97 Å². The first-order valence-corrected chi connectivity index (χ1v) is 5.65. The van der Waals surface area contributed by atoms with Gasteiger partial charge in [0.15, 0.2) is 0 Å². The molecule has 0 bridgehead atoms. The molecule has 1 aliphatic heterocycles. The van der Waals surface area contributed by atoms with Crippen LogP contribution in [0.15, 0.2) is 12.3 Å². The molecule has 2 heterocycles. The van der Waals surface area contributed by atoms with E-state index in [1.807, 2.05) is 0 Å². The molecule has 6 heteroatoms. The van der Waals surface area contributed by atoms with Crippen molar-refractivity contribution in [3.8, 4) is 0 Å². The molecule has 1 aromatic heterocycles.